The van der Waals surface area contributed by atoms with Crippen molar-refractivity contribution in [3.63, 3.8) is 0 Å². The molecule has 4 nitrogen and oxygen atoms in total. The Morgan fingerprint density at radius 2 is 1.78 bits per heavy atom. The number of benzene rings is 2. The minimum Gasteiger partial charge on any atom is -0.492 e. The Balaban J connectivity index is 1.95. The SMILES string of the molecule is CCc1cccc(OCCN(C)S(=O)(=O)c2ccc(C)cc2)c1. The largest absolute Gasteiger partial charge is 0.492 e. The van der Waals surface area contributed by atoms with Gasteiger partial charge in [-0.25, -0.2) is 8.42 Å². The summed E-state index contributed by atoms with van der Waals surface area (Å²) in [5.74, 6) is 0.769. The normalized spacial score (nSPS) is 11.7. The van der Waals surface area contributed by atoms with E-state index < -0.39 is 10.0 Å². The molecule has 0 saturated heterocycles. The fourth-order valence-electron chi connectivity index (χ4n) is 2.16. The molecule has 2 rings (SSSR count). The van der Waals surface area contributed by atoms with Gasteiger partial charge in [-0.3, -0.25) is 0 Å². The van der Waals surface area contributed by atoms with Crippen LogP contribution < -0.4 is 4.74 Å². The van der Waals surface area contributed by atoms with Crippen LogP contribution in [0.25, 0.3) is 0 Å². The van der Waals surface area contributed by atoms with Gasteiger partial charge in [-0.15, -0.1) is 0 Å². The quantitative estimate of drug-likeness (QED) is 0.781. The highest BCUT2D eigenvalue weighted by Crippen LogP contribution is 2.16. The molecule has 0 radical (unpaired) electrons. The van der Waals surface area contributed by atoms with Crippen molar-refractivity contribution in [3.8, 4) is 5.75 Å². The van der Waals surface area contributed by atoms with Crippen molar-refractivity contribution in [1.82, 2.24) is 4.31 Å². The molecule has 0 aromatic heterocycles. The van der Waals surface area contributed by atoms with Crippen molar-refractivity contribution < 1.29 is 13.2 Å². The van der Waals surface area contributed by atoms with Crippen LogP contribution in [-0.4, -0.2) is 32.9 Å². The maximum atomic E-state index is 12.5. The molecule has 0 spiro atoms. The van der Waals surface area contributed by atoms with Gasteiger partial charge in [-0.1, -0.05) is 36.8 Å². The van der Waals surface area contributed by atoms with E-state index in [-0.39, 0.29) is 0 Å². The highest BCUT2D eigenvalue weighted by Gasteiger charge is 2.20. The molecule has 0 amide bonds. The molecule has 0 aliphatic rings. The zero-order valence-corrected chi connectivity index (χ0v) is 14.6. The van der Waals surface area contributed by atoms with Crippen LogP contribution in [0.5, 0.6) is 5.75 Å². The molecule has 0 saturated carbocycles. The number of hydrogen-bond donors (Lipinski definition) is 0. The average molecular weight is 333 g/mol. The fourth-order valence-corrected chi connectivity index (χ4v) is 3.31. The first-order valence-electron chi connectivity index (χ1n) is 7.68. The van der Waals surface area contributed by atoms with Gasteiger partial charge in [0.25, 0.3) is 0 Å². The number of nitrogens with zero attached hydrogens (tertiary/aromatic N) is 1. The Bertz CT molecular complexity index is 739. The van der Waals surface area contributed by atoms with Crippen molar-refractivity contribution in [2.75, 3.05) is 20.2 Å². The predicted molar refractivity (Wildman–Crippen MR) is 92.3 cm³/mol. The Hall–Kier alpha value is -1.85. The first-order valence-corrected chi connectivity index (χ1v) is 9.12. The third-order valence-electron chi connectivity index (χ3n) is 3.71. The second kappa shape index (κ2) is 7.62. The zero-order valence-electron chi connectivity index (χ0n) is 13.8. The van der Waals surface area contributed by atoms with Crippen LogP contribution in [0.15, 0.2) is 53.4 Å². The summed E-state index contributed by atoms with van der Waals surface area (Å²) in [7, 11) is -1.90. The molecule has 2 aromatic carbocycles. The molecule has 124 valence electrons. The van der Waals surface area contributed by atoms with Crippen LogP contribution in [-0.2, 0) is 16.4 Å². The van der Waals surface area contributed by atoms with Gasteiger partial charge < -0.3 is 4.74 Å². The number of hydrogen-bond acceptors (Lipinski definition) is 3. The lowest BCUT2D eigenvalue weighted by Crippen LogP contribution is -2.31. The Morgan fingerprint density at radius 1 is 1.09 bits per heavy atom. The van der Waals surface area contributed by atoms with Gasteiger partial charge in [0.15, 0.2) is 0 Å². The average Bonchev–Trinajstić information content (AvgIpc) is 2.55. The monoisotopic (exact) mass is 333 g/mol. The summed E-state index contributed by atoms with van der Waals surface area (Å²) in [6, 6.07) is 14.7. The van der Waals surface area contributed by atoms with Gasteiger partial charge >= 0.3 is 0 Å². The summed E-state index contributed by atoms with van der Waals surface area (Å²) in [6.07, 6.45) is 0.943. The highest BCUT2D eigenvalue weighted by atomic mass is 32.2. The van der Waals surface area contributed by atoms with Crippen molar-refractivity contribution in [3.05, 3.63) is 59.7 Å². The van der Waals surface area contributed by atoms with Gasteiger partial charge in [-0.05, 0) is 43.2 Å². The van der Waals surface area contributed by atoms with Crippen LogP contribution in [0, 0.1) is 6.92 Å². The Kier molecular flexibility index (Phi) is 5.80. The van der Waals surface area contributed by atoms with E-state index in [1.807, 2.05) is 31.2 Å². The second-order valence-electron chi connectivity index (χ2n) is 5.49. The number of sulfonamides is 1. The lowest BCUT2D eigenvalue weighted by Gasteiger charge is -2.17. The number of ether oxygens (including phenoxy) is 1. The molecular formula is C18H23NO3S. The number of likely N-dealkylation sites (N-methyl/N-ethyl adjacent to an activating group) is 1. The summed E-state index contributed by atoms with van der Waals surface area (Å²) in [5, 5.41) is 0. The lowest BCUT2D eigenvalue weighted by molar-refractivity contribution is 0.286. The van der Waals surface area contributed by atoms with Crippen molar-refractivity contribution in [2.24, 2.45) is 0 Å². The summed E-state index contributed by atoms with van der Waals surface area (Å²) in [6.45, 7) is 4.63. The topological polar surface area (TPSA) is 46.6 Å². The van der Waals surface area contributed by atoms with E-state index >= 15 is 0 Å². The van der Waals surface area contributed by atoms with E-state index in [4.69, 9.17) is 4.74 Å². The summed E-state index contributed by atoms with van der Waals surface area (Å²) >= 11 is 0. The molecule has 0 aliphatic heterocycles. The van der Waals surface area contributed by atoms with E-state index in [1.165, 1.54) is 9.87 Å². The molecule has 0 atom stereocenters. The van der Waals surface area contributed by atoms with Gasteiger partial charge in [0.2, 0.25) is 10.0 Å². The van der Waals surface area contributed by atoms with Gasteiger partial charge in [0, 0.05) is 13.6 Å². The maximum Gasteiger partial charge on any atom is 0.242 e. The smallest absolute Gasteiger partial charge is 0.242 e. The molecular weight excluding hydrogens is 310 g/mol. The summed E-state index contributed by atoms with van der Waals surface area (Å²) < 4.78 is 31.9. The minimum atomic E-state index is -3.47. The van der Waals surface area contributed by atoms with E-state index in [9.17, 15) is 8.42 Å². The van der Waals surface area contributed by atoms with E-state index in [2.05, 4.69) is 6.92 Å². The van der Waals surface area contributed by atoms with E-state index in [0.717, 1.165) is 17.7 Å². The molecule has 0 fully saturated rings. The lowest BCUT2D eigenvalue weighted by atomic mass is 10.2. The van der Waals surface area contributed by atoms with E-state index in [0.29, 0.717) is 18.0 Å². The van der Waals surface area contributed by atoms with Crippen molar-refractivity contribution in [1.29, 1.82) is 0 Å². The third-order valence-corrected chi connectivity index (χ3v) is 5.58. The minimum absolute atomic E-state index is 0.298. The van der Waals surface area contributed by atoms with Crippen molar-refractivity contribution >= 4 is 10.0 Å². The van der Waals surface area contributed by atoms with Gasteiger partial charge in [0.05, 0.1) is 4.90 Å². The van der Waals surface area contributed by atoms with Crippen LogP contribution in [0.1, 0.15) is 18.1 Å². The molecule has 5 heteroatoms. The number of aryl methyl sites for hydroxylation is 2. The molecule has 2 aromatic rings. The third kappa shape index (κ3) is 4.56. The zero-order chi connectivity index (χ0) is 16.9. The van der Waals surface area contributed by atoms with Crippen molar-refractivity contribution in [2.45, 2.75) is 25.2 Å². The Labute approximate surface area is 138 Å². The van der Waals surface area contributed by atoms with Crippen LogP contribution in [0.3, 0.4) is 0 Å². The molecule has 0 aliphatic carbocycles. The second-order valence-corrected chi connectivity index (χ2v) is 7.53. The highest BCUT2D eigenvalue weighted by molar-refractivity contribution is 7.89. The van der Waals surface area contributed by atoms with Gasteiger partial charge in [0.1, 0.15) is 12.4 Å². The molecule has 0 unspecified atom stereocenters. The Morgan fingerprint density at radius 3 is 2.43 bits per heavy atom. The molecule has 0 heterocycles. The molecule has 0 bridgehead atoms. The molecule has 23 heavy (non-hydrogen) atoms. The maximum absolute atomic E-state index is 12.5. The summed E-state index contributed by atoms with van der Waals surface area (Å²) in [5.41, 5.74) is 2.23. The molecule has 0 N–H and O–H groups in total. The van der Waals surface area contributed by atoms with Gasteiger partial charge in [-0.2, -0.15) is 4.31 Å². The van der Waals surface area contributed by atoms with E-state index in [1.54, 1.807) is 31.3 Å². The first kappa shape index (κ1) is 17.5. The standard InChI is InChI=1S/C18H23NO3S/c1-4-16-6-5-7-17(14-16)22-13-12-19(3)23(20,21)18-10-8-15(2)9-11-18/h5-11,14H,4,12-13H2,1-3H3. The fraction of sp³-hybridized carbons (Fsp3) is 0.333. The van der Waals surface area contributed by atoms with Crippen LogP contribution in [0.2, 0.25) is 0 Å². The number of rotatable bonds is 7. The predicted octanol–water partition coefficient (Wildman–Crippen LogP) is 3.26. The van der Waals surface area contributed by atoms with Crippen LogP contribution in [0.4, 0.5) is 0 Å². The van der Waals surface area contributed by atoms with Crippen LogP contribution >= 0.6 is 0 Å². The first-order chi connectivity index (χ1) is 10.9. The summed E-state index contributed by atoms with van der Waals surface area (Å²) in [4.78, 5) is 0.304.